The fraction of sp³-hybridized carbons (Fsp3) is 0.556. The van der Waals surface area contributed by atoms with Gasteiger partial charge < -0.3 is 19.7 Å². The fourth-order valence-electron chi connectivity index (χ4n) is 3.41. The van der Waals surface area contributed by atoms with E-state index in [2.05, 4.69) is 20.4 Å². The van der Waals surface area contributed by atoms with Gasteiger partial charge in [0.1, 0.15) is 0 Å². The average Bonchev–Trinajstić information content (AvgIpc) is 2.65. The minimum Gasteiger partial charge on any atom is -0.493 e. The van der Waals surface area contributed by atoms with Gasteiger partial charge in [0, 0.05) is 23.9 Å². The van der Waals surface area contributed by atoms with Gasteiger partial charge in [-0.15, -0.1) is 5.10 Å². The molecule has 0 saturated carbocycles. The minimum absolute atomic E-state index is 0.717. The molecule has 1 aliphatic heterocycles. The lowest BCUT2D eigenvalue weighted by Crippen LogP contribution is -2.35. The Bertz CT molecular complexity index is 684. The molecule has 1 aliphatic rings. The molecule has 0 bridgehead atoms. The minimum atomic E-state index is 0.717. The summed E-state index contributed by atoms with van der Waals surface area (Å²) < 4.78 is 10.8. The van der Waals surface area contributed by atoms with Gasteiger partial charge in [0.05, 0.1) is 20.4 Å². The Labute approximate surface area is 143 Å². The Kier molecular flexibility index (Phi) is 5.35. The summed E-state index contributed by atoms with van der Waals surface area (Å²) in [5.41, 5.74) is 0. The van der Waals surface area contributed by atoms with Crippen molar-refractivity contribution < 1.29 is 9.47 Å². The number of aromatic nitrogens is 2. The topological polar surface area (TPSA) is 59.5 Å². The number of anilines is 1. The number of fused-ring (bicyclic) bond motifs is 1. The molecule has 2 aromatic rings. The lowest BCUT2D eigenvalue weighted by atomic mass is 9.93. The summed E-state index contributed by atoms with van der Waals surface area (Å²) in [6.45, 7) is 3.14. The van der Waals surface area contributed by atoms with Crippen molar-refractivity contribution in [2.24, 2.45) is 5.92 Å². The van der Waals surface area contributed by atoms with Gasteiger partial charge in [-0.25, -0.2) is 0 Å². The SMILES string of the molecule is CNCCC1CCN(c2nncc3cc(OC)c(OC)cc23)CC1. The first-order chi connectivity index (χ1) is 11.8. The number of hydrogen-bond donors (Lipinski definition) is 1. The zero-order chi connectivity index (χ0) is 16.9. The molecule has 0 radical (unpaired) electrons. The van der Waals surface area contributed by atoms with Crippen LogP contribution in [0.4, 0.5) is 5.82 Å². The molecule has 0 spiro atoms. The number of piperidine rings is 1. The summed E-state index contributed by atoms with van der Waals surface area (Å²) >= 11 is 0. The zero-order valence-electron chi connectivity index (χ0n) is 14.7. The van der Waals surface area contributed by atoms with Gasteiger partial charge in [-0.2, -0.15) is 5.10 Å². The molecule has 1 aromatic heterocycles. The Morgan fingerprint density at radius 2 is 1.88 bits per heavy atom. The second kappa shape index (κ2) is 7.66. The van der Waals surface area contributed by atoms with Crippen LogP contribution in [0.2, 0.25) is 0 Å². The van der Waals surface area contributed by atoms with Crippen molar-refractivity contribution in [1.29, 1.82) is 0 Å². The highest BCUT2D eigenvalue weighted by Gasteiger charge is 2.22. The molecule has 6 heteroatoms. The maximum atomic E-state index is 5.45. The number of nitrogens with zero attached hydrogens (tertiary/aromatic N) is 3. The van der Waals surface area contributed by atoms with E-state index in [9.17, 15) is 0 Å². The van der Waals surface area contributed by atoms with E-state index in [1.165, 1.54) is 19.3 Å². The van der Waals surface area contributed by atoms with Crippen LogP contribution in [-0.2, 0) is 0 Å². The van der Waals surface area contributed by atoms with E-state index in [1.54, 1.807) is 20.4 Å². The highest BCUT2D eigenvalue weighted by Crippen LogP contribution is 2.36. The van der Waals surface area contributed by atoms with Gasteiger partial charge in [-0.3, -0.25) is 0 Å². The molecule has 0 atom stereocenters. The molecule has 0 aliphatic carbocycles. The maximum Gasteiger partial charge on any atom is 0.161 e. The average molecular weight is 330 g/mol. The van der Waals surface area contributed by atoms with Crippen LogP contribution < -0.4 is 19.7 Å². The van der Waals surface area contributed by atoms with Crippen LogP contribution in [0.15, 0.2) is 18.3 Å². The molecule has 1 aromatic carbocycles. The van der Waals surface area contributed by atoms with E-state index < -0.39 is 0 Å². The van der Waals surface area contributed by atoms with Crippen LogP contribution in [0.3, 0.4) is 0 Å². The van der Waals surface area contributed by atoms with Crippen molar-refractivity contribution in [1.82, 2.24) is 15.5 Å². The zero-order valence-corrected chi connectivity index (χ0v) is 14.7. The summed E-state index contributed by atoms with van der Waals surface area (Å²) in [4.78, 5) is 2.34. The predicted octanol–water partition coefficient (Wildman–Crippen LogP) is 2.47. The highest BCUT2D eigenvalue weighted by molar-refractivity contribution is 5.94. The van der Waals surface area contributed by atoms with Gasteiger partial charge in [-0.1, -0.05) is 0 Å². The van der Waals surface area contributed by atoms with Crippen molar-refractivity contribution in [3.05, 3.63) is 18.3 Å². The second-order valence-corrected chi connectivity index (χ2v) is 6.29. The summed E-state index contributed by atoms with van der Waals surface area (Å²) in [6, 6.07) is 3.97. The molecule has 24 heavy (non-hydrogen) atoms. The first-order valence-corrected chi connectivity index (χ1v) is 8.53. The number of hydrogen-bond acceptors (Lipinski definition) is 6. The maximum absolute atomic E-state index is 5.45. The quantitative estimate of drug-likeness (QED) is 0.878. The molecule has 2 heterocycles. The van der Waals surface area contributed by atoms with Crippen LogP contribution >= 0.6 is 0 Å². The smallest absolute Gasteiger partial charge is 0.161 e. The van der Waals surface area contributed by atoms with Gasteiger partial charge in [0.25, 0.3) is 0 Å². The molecule has 0 amide bonds. The van der Waals surface area contributed by atoms with Crippen molar-refractivity contribution >= 4 is 16.6 Å². The second-order valence-electron chi connectivity index (χ2n) is 6.29. The number of methoxy groups -OCH3 is 2. The lowest BCUT2D eigenvalue weighted by molar-refractivity contribution is 0.355. The summed E-state index contributed by atoms with van der Waals surface area (Å²) in [7, 11) is 5.32. The van der Waals surface area contributed by atoms with Crippen LogP contribution in [0, 0.1) is 5.92 Å². The molecular weight excluding hydrogens is 304 g/mol. The van der Waals surface area contributed by atoms with Crippen LogP contribution in [0.5, 0.6) is 11.5 Å². The highest BCUT2D eigenvalue weighted by atomic mass is 16.5. The molecular formula is C18H26N4O2. The van der Waals surface area contributed by atoms with Crippen LogP contribution in [-0.4, -0.2) is 51.1 Å². The third kappa shape index (κ3) is 3.38. The van der Waals surface area contributed by atoms with Gasteiger partial charge >= 0.3 is 0 Å². The molecule has 0 unspecified atom stereocenters. The lowest BCUT2D eigenvalue weighted by Gasteiger charge is -2.33. The van der Waals surface area contributed by atoms with Crippen LogP contribution in [0.1, 0.15) is 19.3 Å². The third-order valence-electron chi connectivity index (χ3n) is 4.86. The largest absolute Gasteiger partial charge is 0.493 e. The van der Waals surface area contributed by atoms with E-state index in [1.807, 2.05) is 19.2 Å². The van der Waals surface area contributed by atoms with Crippen molar-refractivity contribution in [2.45, 2.75) is 19.3 Å². The molecule has 1 fully saturated rings. The summed E-state index contributed by atoms with van der Waals surface area (Å²) in [6.07, 6.45) is 5.43. The Morgan fingerprint density at radius 3 is 2.54 bits per heavy atom. The number of benzene rings is 1. The Balaban J connectivity index is 1.85. The summed E-state index contributed by atoms with van der Waals surface area (Å²) in [5.74, 6) is 3.18. The normalized spacial score (nSPS) is 15.7. The first kappa shape index (κ1) is 16.8. The Hall–Kier alpha value is -2.08. The molecule has 6 nitrogen and oxygen atoms in total. The van der Waals surface area contributed by atoms with E-state index in [0.717, 1.165) is 53.6 Å². The predicted molar refractivity (Wildman–Crippen MR) is 96.1 cm³/mol. The molecule has 130 valence electrons. The standard InChI is InChI=1S/C18H26N4O2/c1-19-7-4-13-5-8-22(9-6-13)18-15-11-17(24-3)16(23-2)10-14(15)12-20-21-18/h10-13,19H,4-9H2,1-3H3. The van der Waals surface area contributed by atoms with Gasteiger partial charge in [-0.05, 0) is 50.9 Å². The van der Waals surface area contributed by atoms with E-state index in [4.69, 9.17) is 9.47 Å². The third-order valence-corrected chi connectivity index (χ3v) is 4.86. The van der Waals surface area contributed by atoms with Crippen molar-refractivity contribution in [3.8, 4) is 11.5 Å². The van der Waals surface area contributed by atoms with Gasteiger partial charge in [0.2, 0.25) is 0 Å². The molecule has 1 saturated heterocycles. The van der Waals surface area contributed by atoms with Crippen molar-refractivity contribution in [3.63, 3.8) is 0 Å². The van der Waals surface area contributed by atoms with E-state index in [-0.39, 0.29) is 0 Å². The van der Waals surface area contributed by atoms with Crippen LogP contribution in [0.25, 0.3) is 10.8 Å². The molecule has 1 N–H and O–H groups in total. The van der Waals surface area contributed by atoms with Crippen molar-refractivity contribution in [2.75, 3.05) is 45.8 Å². The fourth-order valence-corrected chi connectivity index (χ4v) is 3.41. The number of ether oxygens (including phenoxy) is 2. The number of nitrogens with one attached hydrogen (secondary N) is 1. The molecule has 3 rings (SSSR count). The Morgan fingerprint density at radius 1 is 1.17 bits per heavy atom. The monoisotopic (exact) mass is 330 g/mol. The van der Waals surface area contributed by atoms with E-state index >= 15 is 0 Å². The number of rotatable bonds is 6. The van der Waals surface area contributed by atoms with Gasteiger partial charge in [0.15, 0.2) is 17.3 Å². The first-order valence-electron chi connectivity index (χ1n) is 8.53. The van der Waals surface area contributed by atoms with E-state index in [0.29, 0.717) is 0 Å². The summed E-state index contributed by atoms with van der Waals surface area (Å²) in [5, 5.41) is 13.9.